The molecule has 0 amide bonds. The van der Waals surface area contributed by atoms with Gasteiger partial charge in [-0.3, -0.25) is 9.89 Å². The summed E-state index contributed by atoms with van der Waals surface area (Å²) in [4.78, 5) is 11.9. The predicted octanol–water partition coefficient (Wildman–Crippen LogP) is 1.99. The van der Waals surface area contributed by atoms with Gasteiger partial charge in [-0.05, 0) is 35.4 Å². The van der Waals surface area contributed by atoms with E-state index in [4.69, 9.17) is 0 Å². The molecule has 2 aromatic carbocycles. The van der Waals surface area contributed by atoms with Crippen LogP contribution in [-0.4, -0.2) is 24.9 Å². The highest BCUT2D eigenvalue weighted by Gasteiger charge is 2.07. The Morgan fingerprint density at radius 2 is 1.67 bits per heavy atom. The maximum absolute atomic E-state index is 11.6. The second kappa shape index (κ2) is 4.82. The van der Waals surface area contributed by atoms with Crippen molar-refractivity contribution in [2.24, 2.45) is 0 Å². The van der Waals surface area contributed by atoms with E-state index in [9.17, 15) is 13.2 Å². The van der Waals surface area contributed by atoms with Gasteiger partial charge < -0.3 is 0 Å². The summed E-state index contributed by atoms with van der Waals surface area (Å²) in [5, 5.41) is 7.14. The molecule has 21 heavy (non-hydrogen) atoms. The van der Waals surface area contributed by atoms with Crippen LogP contribution < -0.4 is 5.43 Å². The number of H-pyrrole nitrogens is 1. The largest absolute Gasteiger partial charge is 0.287 e. The van der Waals surface area contributed by atoms with Crippen molar-refractivity contribution in [1.82, 2.24) is 10.2 Å². The van der Waals surface area contributed by atoms with Gasteiger partial charge in [0, 0.05) is 11.6 Å². The Morgan fingerprint density at radius 3 is 2.33 bits per heavy atom. The van der Waals surface area contributed by atoms with Gasteiger partial charge in [0.2, 0.25) is 5.43 Å². The van der Waals surface area contributed by atoms with Crippen LogP contribution in [0.5, 0.6) is 0 Å². The van der Waals surface area contributed by atoms with Crippen LogP contribution in [0, 0.1) is 0 Å². The van der Waals surface area contributed by atoms with Crippen molar-refractivity contribution >= 4 is 20.7 Å². The van der Waals surface area contributed by atoms with Gasteiger partial charge in [0.25, 0.3) is 0 Å². The van der Waals surface area contributed by atoms with Gasteiger partial charge in [-0.15, -0.1) is 0 Å². The van der Waals surface area contributed by atoms with E-state index in [2.05, 4.69) is 10.2 Å². The lowest BCUT2D eigenvalue weighted by atomic mass is 10.0. The fraction of sp³-hybridized carbons (Fsp3) is 0.0667. The third-order valence-corrected chi connectivity index (χ3v) is 4.40. The summed E-state index contributed by atoms with van der Waals surface area (Å²) in [6.07, 6.45) is 2.41. The van der Waals surface area contributed by atoms with Crippen LogP contribution in [0.15, 0.2) is 58.4 Å². The van der Waals surface area contributed by atoms with E-state index in [0.29, 0.717) is 10.9 Å². The van der Waals surface area contributed by atoms with Crippen molar-refractivity contribution < 1.29 is 8.42 Å². The molecule has 6 heteroatoms. The summed E-state index contributed by atoms with van der Waals surface area (Å²) in [6.45, 7) is 0. The highest BCUT2D eigenvalue weighted by atomic mass is 32.2. The first-order chi connectivity index (χ1) is 9.95. The quantitative estimate of drug-likeness (QED) is 0.785. The molecule has 0 aliphatic rings. The number of hydrogen-bond donors (Lipinski definition) is 1. The average molecular weight is 300 g/mol. The van der Waals surface area contributed by atoms with Gasteiger partial charge in [0.05, 0.1) is 16.6 Å². The molecule has 0 aliphatic heterocycles. The zero-order chi connectivity index (χ0) is 15.0. The molecule has 0 spiro atoms. The van der Waals surface area contributed by atoms with E-state index in [0.717, 1.165) is 11.1 Å². The van der Waals surface area contributed by atoms with Gasteiger partial charge in [-0.2, -0.15) is 5.10 Å². The van der Waals surface area contributed by atoms with Gasteiger partial charge in [0.1, 0.15) is 0 Å². The fourth-order valence-electron chi connectivity index (χ4n) is 2.16. The van der Waals surface area contributed by atoms with Gasteiger partial charge >= 0.3 is 0 Å². The highest BCUT2D eigenvalue weighted by molar-refractivity contribution is 7.90. The number of aromatic amines is 1. The predicted molar refractivity (Wildman–Crippen MR) is 80.9 cm³/mol. The lowest BCUT2D eigenvalue weighted by Crippen LogP contribution is -2.02. The summed E-state index contributed by atoms with van der Waals surface area (Å²) in [7, 11) is -3.20. The molecule has 106 valence electrons. The molecule has 0 radical (unpaired) electrons. The van der Waals surface area contributed by atoms with Crippen LogP contribution in [0.4, 0.5) is 0 Å². The minimum atomic E-state index is -3.20. The van der Waals surface area contributed by atoms with Crippen molar-refractivity contribution in [2.75, 3.05) is 6.26 Å². The second-order valence-electron chi connectivity index (χ2n) is 4.79. The minimum absolute atomic E-state index is 0.136. The smallest absolute Gasteiger partial charge is 0.207 e. The highest BCUT2D eigenvalue weighted by Crippen LogP contribution is 2.23. The van der Waals surface area contributed by atoms with Gasteiger partial charge in [0.15, 0.2) is 9.84 Å². The summed E-state index contributed by atoms with van der Waals surface area (Å²) >= 11 is 0. The van der Waals surface area contributed by atoms with Crippen LogP contribution in [0.1, 0.15) is 0 Å². The second-order valence-corrected chi connectivity index (χ2v) is 6.81. The standard InChI is InChI=1S/C15H12N2O3S/c1-21(19,20)12-5-2-10(3-6-12)11-4-7-13-14(8-11)17-16-9-15(13)18/h2-9H,1H3,(H,17,18). The normalized spacial score (nSPS) is 11.7. The molecule has 1 aromatic heterocycles. The number of nitrogens with one attached hydrogen (secondary N) is 1. The minimum Gasteiger partial charge on any atom is -0.287 e. The molecular weight excluding hydrogens is 288 g/mol. The Balaban J connectivity index is 2.10. The van der Waals surface area contributed by atoms with Crippen LogP contribution >= 0.6 is 0 Å². The van der Waals surface area contributed by atoms with E-state index in [1.807, 2.05) is 12.1 Å². The topological polar surface area (TPSA) is 79.9 Å². The molecule has 0 saturated heterocycles. The van der Waals surface area contributed by atoms with E-state index >= 15 is 0 Å². The first-order valence-electron chi connectivity index (χ1n) is 6.23. The summed E-state index contributed by atoms with van der Waals surface area (Å²) in [6, 6.07) is 12.0. The monoisotopic (exact) mass is 300 g/mol. The molecular formula is C15H12N2O3S. The Kier molecular flexibility index (Phi) is 3.10. The Morgan fingerprint density at radius 1 is 1.00 bits per heavy atom. The molecule has 0 fully saturated rings. The number of sulfone groups is 1. The van der Waals surface area contributed by atoms with Crippen molar-refractivity contribution in [3.8, 4) is 11.1 Å². The SMILES string of the molecule is CS(=O)(=O)c1ccc(-c2ccc3c(=O)cn[nH]c3c2)cc1. The van der Waals surface area contributed by atoms with E-state index < -0.39 is 9.84 Å². The Labute approximate surface area is 121 Å². The average Bonchev–Trinajstić information content (AvgIpc) is 2.46. The van der Waals surface area contributed by atoms with Crippen molar-refractivity contribution in [3.63, 3.8) is 0 Å². The molecule has 3 rings (SSSR count). The Bertz CT molecular complexity index is 974. The maximum atomic E-state index is 11.6. The summed E-state index contributed by atoms with van der Waals surface area (Å²) in [5.74, 6) is 0. The summed E-state index contributed by atoms with van der Waals surface area (Å²) in [5.41, 5.74) is 2.26. The van der Waals surface area contributed by atoms with Gasteiger partial charge in [-0.1, -0.05) is 18.2 Å². The van der Waals surface area contributed by atoms with Crippen molar-refractivity contribution in [3.05, 3.63) is 58.9 Å². The van der Waals surface area contributed by atoms with Crippen molar-refractivity contribution in [1.29, 1.82) is 0 Å². The molecule has 0 bridgehead atoms. The van der Waals surface area contributed by atoms with Crippen molar-refractivity contribution in [2.45, 2.75) is 4.90 Å². The van der Waals surface area contributed by atoms with Crippen LogP contribution in [0.25, 0.3) is 22.0 Å². The number of rotatable bonds is 2. The lowest BCUT2D eigenvalue weighted by molar-refractivity contribution is 0.602. The van der Waals surface area contributed by atoms with Crippen LogP contribution in [0.2, 0.25) is 0 Å². The maximum Gasteiger partial charge on any atom is 0.207 e. The molecule has 0 saturated carbocycles. The fourth-order valence-corrected chi connectivity index (χ4v) is 2.79. The number of hydrogen-bond acceptors (Lipinski definition) is 4. The molecule has 0 atom stereocenters. The molecule has 0 aliphatic carbocycles. The Hall–Kier alpha value is -2.47. The first-order valence-corrected chi connectivity index (χ1v) is 8.12. The van der Waals surface area contributed by atoms with Gasteiger partial charge in [-0.25, -0.2) is 8.42 Å². The third kappa shape index (κ3) is 2.57. The zero-order valence-electron chi connectivity index (χ0n) is 11.2. The molecule has 1 N–H and O–H groups in total. The zero-order valence-corrected chi connectivity index (χ0v) is 12.0. The first kappa shape index (κ1) is 13.5. The molecule has 0 unspecified atom stereocenters. The van der Waals surface area contributed by atoms with E-state index in [1.165, 1.54) is 12.5 Å². The summed E-state index contributed by atoms with van der Waals surface area (Å²) < 4.78 is 22.9. The van der Waals surface area contributed by atoms with Crippen LogP contribution in [-0.2, 0) is 9.84 Å². The van der Waals surface area contributed by atoms with E-state index in [1.54, 1.807) is 30.3 Å². The number of aromatic nitrogens is 2. The lowest BCUT2D eigenvalue weighted by Gasteiger charge is -2.05. The molecule has 3 aromatic rings. The molecule has 1 heterocycles. The number of benzene rings is 2. The molecule has 5 nitrogen and oxygen atoms in total. The number of nitrogens with zero attached hydrogens (tertiary/aromatic N) is 1. The third-order valence-electron chi connectivity index (χ3n) is 3.27. The van der Waals surface area contributed by atoms with E-state index in [-0.39, 0.29) is 10.3 Å². The number of fused-ring (bicyclic) bond motifs is 1. The van der Waals surface area contributed by atoms with Crippen LogP contribution in [0.3, 0.4) is 0 Å².